The van der Waals surface area contributed by atoms with Crippen molar-refractivity contribution in [3.63, 3.8) is 0 Å². The van der Waals surface area contributed by atoms with E-state index in [1.807, 2.05) is 0 Å². The highest BCUT2D eigenvalue weighted by Crippen LogP contribution is 2.22. The molecule has 0 saturated carbocycles. The Bertz CT molecular complexity index is 217. The van der Waals surface area contributed by atoms with E-state index in [1.165, 1.54) is 0 Å². The van der Waals surface area contributed by atoms with Gasteiger partial charge in [-0.15, -0.1) is 11.8 Å². The molecule has 0 bridgehead atoms. The number of rotatable bonds is 2. The number of thioether (sulfide) groups is 1. The van der Waals surface area contributed by atoms with Crippen LogP contribution in [0.1, 0.15) is 6.92 Å². The molecule has 1 aromatic rings. The molecule has 0 aliphatic carbocycles. The standard InChI is InChI=1S/C6H7BrN2S/c1-2-10-6-5(7)3-8-4-9-6/h3-4H,2H2,1H3. The zero-order valence-corrected chi connectivity index (χ0v) is 7.94. The molecule has 0 aromatic carbocycles. The molecule has 1 heterocycles. The molecule has 0 spiro atoms. The van der Waals surface area contributed by atoms with E-state index in [9.17, 15) is 0 Å². The predicted octanol–water partition coefficient (Wildman–Crippen LogP) is 2.35. The smallest absolute Gasteiger partial charge is 0.116 e. The van der Waals surface area contributed by atoms with E-state index < -0.39 is 0 Å². The summed E-state index contributed by atoms with van der Waals surface area (Å²) in [7, 11) is 0. The first-order valence-electron chi connectivity index (χ1n) is 2.93. The summed E-state index contributed by atoms with van der Waals surface area (Å²) in [5.74, 6) is 1.04. The topological polar surface area (TPSA) is 25.8 Å². The minimum absolute atomic E-state index is 0.974. The molecule has 0 radical (unpaired) electrons. The highest BCUT2D eigenvalue weighted by Gasteiger charge is 1.97. The van der Waals surface area contributed by atoms with Crippen molar-refractivity contribution in [2.24, 2.45) is 0 Å². The van der Waals surface area contributed by atoms with Crippen molar-refractivity contribution in [1.29, 1.82) is 0 Å². The van der Waals surface area contributed by atoms with E-state index >= 15 is 0 Å². The van der Waals surface area contributed by atoms with E-state index in [-0.39, 0.29) is 0 Å². The van der Waals surface area contributed by atoms with Crippen LogP contribution in [0.5, 0.6) is 0 Å². The van der Waals surface area contributed by atoms with Gasteiger partial charge in [-0.3, -0.25) is 0 Å². The molecule has 0 aliphatic rings. The molecule has 0 aliphatic heterocycles. The Balaban J connectivity index is 2.81. The van der Waals surface area contributed by atoms with Gasteiger partial charge >= 0.3 is 0 Å². The number of hydrogen-bond acceptors (Lipinski definition) is 3. The quantitative estimate of drug-likeness (QED) is 0.564. The first-order chi connectivity index (χ1) is 4.84. The Morgan fingerprint density at radius 3 is 3.10 bits per heavy atom. The maximum atomic E-state index is 4.07. The first kappa shape index (κ1) is 8.01. The minimum Gasteiger partial charge on any atom is -0.244 e. The molecule has 0 atom stereocenters. The predicted molar refractivity (Wildman–Crippen MR) is 46.1 cm³/mol. The van der Waals surface area contributed by atoms with E-state index in [0.717, 1.165) is 15.3 Å². The van der Waals surface area contributed by atoms with Crippen LogP contribution in [0.25, 0.3) is 0 Å². The fourth-order valence-corrected chi connectivity index (χ4v) is 1.69. The second-order valence-corrected chi connectivity index (χ2v) is 3.72. The van der Waals surface area contributed by atoms with Gasteiger partial charge in [-0.1, -0.05) is 6.92 Å². The molecule has 0 unspecified atom stereocenters. The van der Waals surface area contributed by atoms with Gasteiger partial charge in [0, 0.05) is 6.20 Å². The van der Waals surface area contributed by atoms with Gasteiger partial charge in [-0.25, -0.2) is 9.97 Å². The maximum Gasteiger partial charge on any atom is 0.116 e. The zero-order valence-electron chi connectivity index (χ0n) is 5.54. The van der Waals surface area contributed by atoms with Crippen molar-refractivity contribution < 1.29 is 0 Å². The average Bonchev–Trinajstić information content (AvgIpc) is 1.94. The Morgan fingerprint density at radius 2 is 2.50 bits per heavy atom. The fraction of sp³-hybridized carbons (Fsp3) is 0.333. The van der Waals surface area contributed by atoms with Gasteiger partial charge < -0.3 is 0 Å². The zero-order chi connectivity index (χ0) is 7.40. The van der Waals surface area contributed by atoms with Gasteiger partial charge in [0.15, 0.2) is 0 Å². The highest BCUT2D eigenvalue weighted by molar-refractivity contribution is 9.10. The van der Waals surface area contributed by atoms with Gasteiger partial charge in [0.05, 0.1) is 4.47 Å². The third-order valence-corrected chi connectivity index (χ3v) is 2.65. The second-order valence-electron chi connectivity index (χ2n) is 1.61. The Morgan fingerprint density at radius 1 is 1.70 bits per heavy atom. The number of aromatic nitrogens is 2. The summed E-state index contributed by atoms with van der Waals surface area (Å²) in [5, 5.41) is 1.01. The van der Waals surface area contributed by atoms with Crippen LogP contribution in [0.15, 0.2) is 22.0 Å². The first-order valence-corrected chi connectivity index (χ1v) is 4.70. The van der Waals surface area contributed by atoms with Crippen LogP contribution in [0.4, 0.5) is 0 Å². The maximum absolute atomic E-state index is 4.07. The van der Waals surface area contributed by atoms with Crippen molar-refractivity contribution in [2.75, 3.05) is 5.75 Å². The van der Waals surface area contributed by atoms with E-state index in [2.05, 4.69) is 32.8 Å². The van der Waals surface area contributed by atoms with Gasteiger partial charge in [0.1, 0.15) is 11.4 Å². The lowest BCUT2D eigenvalue weighted by Crippen LogP contribution is -1.83. The molecule has 0 N–H and O–H groups in total. The second kappa shape index (κ2) is 3.93. The highest BCUT2D eigenvalue weighted by atomic mass is 79.9. The van der Waals surface area contributed by atoms with Crippen molar-refractivity contribution in [3.05, 3.63) is 17.0 Å². The molecular formula is C6H7BrN2S. The third kappa shape index (κ3) is 1.95. The summed E-state index contributed by atoms with van der Waals surface area (Å²) in [4.78, 5) is 7.93. The number of nitrogens with zero attached hydrogens (tertiary/aromatic N) is 2. The summed E-state index contributed by atoms with van der Waals surface area (Å²) in [6, 6.07) is 0. The van der Waals surface area contributed by atoms with Crippen LogP contribution in [0.2, 0.25) is 0 Å². The largest absolute Gasteiger partial charge is 0.244 e. The molecule has 1 rings (SSSR count). The normalized spacial score (nSPS) is 9.80. The van der Waals surface area contributed by atoms with Crippen molar-refractivity contribution in [3.8, 4) is 0 Å². The van der Waals surface area contributed by atoms with E-state index in [4.69, 9.17) is 0 Å². The van der Waals surface area contributed by atoms with Crippen LogP contribution in [-0.2, 0) is 0 Å². The van der Waals surface area contributed by atoms with Gasteiger partial charge in [-0.05, 0) is 21.7 Å². The molecule has 0 fully saturated rings. The molecule has 0 amide bonds. The van der Waals surface area contributed by atoms with E-state index in [0.29, 0.717) is 0 Å². The molecule has 0 saturated heterocycles. The monoisotopic (exact) mass is 218 g/mol. The molecule has 2 nitrogen and oxygen atoms in total. The summed E-state index contributed by atoms with van der Waals surface area (Å²) in [6.07, 6.45) is 3.31. The van der Waals surface area contributed by atoms with Crippen LogP contribution < -0.4 is 0 Å². The average molecular weight is 219 g/mol. The van der Waals surface area contributed by atoms with Crippen molar-refractivity contribution in [1.82, 2.24) is 9.97 Å². The van der Waals surface area contributed by atoms with Crippen LogP contribution in [-0.4, -0.2) is 15.7 Å². The summed E-state index contributed by atoms with van der Waals surface area (Å²) < 4.78 is 0.974. The third-order valence-electron chi connectivity index (χ3n) is 0.915. The van der Waals surface area contributed by atoms with Crippen LogP contribution in [0, 0.1) is 0 Å². The number of halogens is 1. The molecule has 10 heavy (non-hydrogen) atoms. The Hall–Kier alpha value is -0.0900. The fourth-order valence-electron chi connectivity index (χ4n) is 0.544. The Kier molecular flexibility index (Phi) is 3.15. The summed E-state index contributed by atoms with van der Waals surface area (Å²) >= 11 is 5.06. The lowest BCUT2D eigenvalue weighted by molar-refractivity contribution is 1.03. The van der Waals surface area contributed by atoms with Gasteiger partial charge in [0.25, 0.3) is 0 Å². The molecule has 1 aromatic heterocycles. The molecular weight excluding hydrogens is 212 g/mol. The lowest BCUT2D eigenvalue weighted by atomic mass is 10.7. The van der Waals surface area contributed by atoms with E-state index in [1.54, 1.807) is 24.3 Å². The van der Waals surface area contributed by atoms with Crippen molar-refractivity contribution >= 4 is 27.7 Å². The number of hydrogen-bond donors (Lipinski definition) is 0. The minimum atomic E-state index is 0.974. The molecule has 4 heteroatoms. The van der Waals surface area contributed by atoms with Crippen LogP contribution >= 0.6 is 27.7 Å². The lowest BCUT2D eigenvalue weighted by Gasteiger charge is -1.97. The Labute approximate surface area is 72.6 Å². The van der Waals surface area contributed by atoms with Crippen molar-refractivity contribution in [2.45, 2.75) is 11.9 Å². The summed E-state index contributed by atoms with van der Waals surface area (Å²) in [6.45, 7) is 2.10. The molecule has 54 valence electrons. The van der Waals surface area contributed by atoms with Gasteiger partial charge in [0.2, 0.25) is 0 Å². The SMILES string of the molecule is CCSc1ncncc1Br. The summed E-state index contributed by atoms with van der Waals surface area (Å²) in [5.41, 5.74) is 0. The van der Waals surface area contributed by atoms with Crippen LogP contribution in [0.3, 0.4) is 0 Å². The van der Waals surface area contributed by atoms with Gasteiger partial charge in [-0.2, -0.15) is 0 Å².